The van der Waals surface area contributed by atoms with Gasteiger partial charge in [-0.2, -0.15) is 0 Å². The molecule has 1 aliphatic heterocycles. The minimum Gasteiger partial charge on any atom is -0.357 e. The zero-order valence-corrected chi connectivity index (χ0v) is 8.73. The molecule has 0 saturated carbocycles. The van der Waals surface area contributed by atoms with Gasteiger partial charge in [0.15, 0.2) is 0 Å². The highest BCUT2D eigenvalue weighted by molar-refractivity contribution is 5.82. The first-order valence-electron chi connectivity index (χ1n) is 5.57. The summed E-state index contributed by atoms with van der Waals surface area (Å²) in [6.07, 6.45) is 4.63. The number of hydrogen-bond donors (Lipinski definition) is 2. The molecule has 2 unspecified atom stereocenters. The van der Waals surface area contributed by atoms with E-state index in [0.29, 0.717) is 12.8 Å². The van der Waals surface area contributed by atoms with Gasteiger partial charge in [0, 0.05) is 21.5 Å². The first-order chi connectivity index (χ1) is 7.92. The quantitative estimate of drug-likeness (QED) is 0.648. The van der Waals surface area contributed by atoms with Crippen molar-refractivity contribution in [3.05, 3.63) is 34.8 Å². The van der Waals surface area contributed by atoms with E-state index in [2.05, 4.69) is 46.7 Å². The molecule has 80 valence electrons. The topological polar surface area (TPSA) is 37.0 Å². The Hall–Kier alpha value is -1.58. The minimum absolute atomic E-state index is 0.181. The van der Waals surface area contributed by atoms with Crippen molar-refractivity contribution < 1.29 is 4.74 Å². The second kappa shape index (κ2) is 2.97. The lowest BCUT2D eigenvalue weighted by Crippen LogP contribution is -2.39. The van der Waals surface area contributed by atoms with Gasteiger partial charge < -0.3 is 9.72 Å². The lowest BCUT2D eigenvalue weighted by Gasteiger charge is -2.12. The molecule has 1 saturated heterocycles. The number of benzene rings is 1. The van der Waals surface area contributed by atoms with Gasteiger partial charge in [0.1, 0.15) is 0 Å². The predicted molar refractivity (Wildman–Crippen MR) is 63.1 cm³/mol. The lowest BCUT2D eigenvalue weighted by atomic mass is 10.0. The molecule has 0 amide bonds. The van der Waals surface area contributed by atoms with E-state index in [1.165, 1.54) is 21.5 Å². The molecule has 2 aliphatic rings. The number of nitrogens with one attached hydrogen (secondary N) is 2. The smallest absolute Gasteiger partial charge is 0.0986 e. The van der Waals surface area contributed by atoms with Crippen LogP contribution in [0, 0.1) is 0 Å². The van der Waals surface area contributed by atoms with Crippen LogP contribution < -0.4 is 15.9 Å². The standard InChI is InChI=1S/C13H12N2O/c1-2-4-10-8(3-1)9-5-12-13(16-7-14-12)6-11(9)15-10/h1-6,12-15H,7H2. The van der Waals surface area contributed by atoms with Crippen molar-refractivity contribution in [2.24, 2.45) is 0 Å². The molecule has 2 aromatic rings. The summed E-state index contributed by atoms with van der Waals surface area (Å²) in [5.41, 5.74) is 1.19. The summed E-state index contributed by atoms with van der Waals surface area (Å²) in [4.78, 5) is 3.43. The van der Waals surface area contributed by atoms with Crippen molar-refractivity contribution in [3.8, 4) is 0 Å². The summed E-state index contributed by atoms with van der Waals surface area (Å²) in [7, 11) is 0. The van der Waals surface area contributed by atoms with E-state index in [0.717, 1.165) is 0 Å². The van der Waals surface area contributed by atoms with Gasteiger partial charge in [-0.1, -0.05) is 24.3 Å². The van der Waals surface area contributed by atoms with Crippen LogP contribution >= 0.6 is 0 Å². The number of hydrogen-bond acceptors (Lipinski definition) is 2. The van der Waals surface area contributed by atoms with Crippen LogP contribution in [0.3, 0.4) is 0 Å². The van der Waals surface area contributed by atoms with Crippen molar-refractivity contribution in [1.82, 2.24) is 10.3 Å². The fourth-order valence-electron chi connectivity index (χ4n) is 2.61. The van der Waals surface area contributed by atoms with Crippen molar-refractivity contribution in [3.63, 3.8) is 0 Å². The summed E-state index contributed by atoms with van der Waals surface area (Å²) < 4.78 is 5.59. The zero-order chi connectivity index (χ0) is 10.5. The van der Waals surface area contributed by atoms with Gasteiger partial charge >= 0.3 is 0 Å². The number of H-pyrrole nitrogens is 1. The molecular weight excluding hydrogens is 200 g/mol. The molecule has 0 radical (unpaired) electrons. The maximum absolute atomic E-state index is 5.59. The van der Waals surface area contributed by atoms with Crippen LogP contribution in [0.1, 0.15) is 0 Å². The van der Waals surface area contributed by atoms with Gasteiger partial charge in [0.25, 0.3) is 0 Å². The van der Waals surface area contributed by atoms with Crippen molar-refractivity contribution in [1.29, 1.82) is 0 Å². The van der Waals surface area contributed by atoms with Crippen LogP contribution in [0.25, 0.3) is 23.1 Å². The number of fused-ring (bicyclic) bond motifs is 4. The van der Waals surface area contributed by atoms with E-state index in [9.17, 15) is 0 Å². The Bertz CT molecular complexity index is 671. The highest BCUT2D eigenvalue weighted by Crippen LogP contribution is 2.13. The number of aromatic nitrogens is 1. The Morgan fingerprint density at radius 1 is 1.19 bits per heavy atom. The summed E-state index contributed by atoms with van der Waals surface area (Å²) in [5.74, 6) is 0. The Labute approximate surface area is 92.4 Å². The van der Waals surface area contributed by atoms with Crippen LogP contribution in [-0.2, 0) is 4.74 Å². The summed E-state index contributed by atoms with van der Waals surface area (Å²) in [5, 5.41) is 7.11. The first kappa shape index (κ1) is 8.56. The molecule has 0 bridgehead atoms. The van der Waals surface area contributed by atoms with Gasteiger partial charge in [-0.25, -0.2) is 0 Å². The van der Waals surface area contributed by atoms with Crippen molar-refractivity contribution >= 4 is 23.1 Å². The van der Waals surface area contributed by atoms with E-state index in [1.807, 2.05) is 0 Å². The molecule has 4 rings (SSSR count). The molecule has 3 nitrogen and oxygen atoms in total. The molecule has 1 aromatic carbocycles. The fourth-order valence-corrected chi connectivity index (χ4v) is 2.61. The third-order valence-electron chi connectivity index (χ3n) is 3.40. The van der Waals surface area contributed by atoms with Crippen molar-refractivity contribution in [2.75, 3.05) is 6.73 Å². The predicted octanol–water partition coefficient (Wildman–Crippen LogP) is 0.0570. The monoisotopic (exact) mass is 212 g/mol. The van der Waals surface area contributed by atoms with Gasteiger partial charge in [-0.15, -0.1) is 0 Å². The van der Waals surface area contributed by atoms with Crippen LogP contribution in [-0.4, -0.2) is 23.9 Å². The molecule has 2 atom stereocenters. The average Bonchev–Trinajstić information content (AvgIpc) is 2.88. The molecule has 1 fully saturated rings. The molecule has 16 heavy (non-hydrogen) atoms. The highest BCUT2D eigenvalue weighted by atomic mass is 16.5. The highest BCUT2D eigenvalue weighted by Gasteiger charge is 2.26. The summed E-state index contributed by atoms with van der Waals surface area (Å²) >= 11 is 0. The molecule has 1 aliphatic carbocycles. The number of ether oxygens (including phenoxy) is 1. The summed E-state index contributed by atoms with van der Waals surface area (Å²) in [6.45, 7) is 0.643. The zero-order valence-electron chi connectivity index (χ0n) is 8.73. The normalized spacial score (nSPS) is 27.0. The van der Waals surface area contributed by atoms with Gasteiger partial charge in [0.05, 0.1) is 18.9 Å². The van der Waals surface area contributed by atoms with Gasteiger partial charge in [-0.05, 0) is 12.1 Å². The van der Waals surface area contributed by atoms with E-state index >= 15 is 0 Å². The Morgan fingerprint density at radius 2 is 2.12 bits per heavy atom. The van der Waals surface area contributed by atoms with Gasteiger partial charge in [0.2, 0.25) is 0 Å². The number of aromatic amines is 1. The first-order valence-corrected chi connectivity index (χ1v) is 5.57. The number of para-hydroxylation sites is 1. The second-order valence-electron chi connectivity index (χ2n) is 4.34. The Kier molecular flexibility index (Phi) is 1.59. The average molecular weight is 212 g/mol. The molecule has 2 N–H and O–H groups in total. The summed E-state index contributed by atoms with van der Waals surface area (Å²) in [6, 6.07) is 8.73. The third kappa shape index (κ3) is 1.04. The molecule has 3 heteroatoms. The largest absolute Gasteiger partial charge is 0.357 e. The third-order valence-corrected chi connectivity index (χ3v) is 3.40. The molecule has 1 aromatic heterocycles. The Morgan fingerprint density at radius 3 is 3.12 bits per heavy atom. The molecule has 2 heterocycles. The lowest BCUT2D eigenvalue weighted by molar-refractivity contribution is 0.151. The van der Waals surface area contributed by atoms with Gasteiger partial charge in [-0.3, -0.25) is 5.32 Å². The minimum atomic E-state index is 0.181. The van der Waals surface area contributed by atoms with Crippen LogP contribution in [0.15, 0.2) is 24.3 Å². The fraction of sp³-hybridized carbons (Fsp3) is 0.231. The maximum Gasteiger partial charge on any atom is 0.0986 e. The second-order valence-corrected chi connectivity index (χ2v) is 4.34. The molecule has 0 spiro atoms. The van der Waals surface area contributed by atoms with Crippen molar-refractivity contribution in [2.45, 2.75) is 12.1 Å². The van der Waals surface area contributed by atoms with E-state index < -0.39 is 0 Å². The number of rotatable bonds is 0. The molecular formula is C13H12N2O. The van der Waals surface area contributed by atoms with E-state index in [1.54, 1.807) is 0 Å². The van der Waals surface area contributed by atoms with Crippen LogP contribution in [0.5, 0.6) is 0 Å². The maximum atomic E-state index is 5.59. The SMILES string of the molecule is C1=c2[nH]c3ccccc3c2=CC2NCOC12. The van der Waals surface area contributed by atoms with Crippen LogP contribution in [0.4, 0.5) is 0 Å². The van der Waals surface area contributed by atoms with E-state index in [-0.39, 0.29) is 6.10 Å². The van der Waals surface area contributed by atoms with E-state index in [4.69, 9.17) is 4.74 Å². The Balaban J connectivity index is 2.12. The van der Waals surface area contributed by atoms with Crippen LogP contribution in [0.2, 0.25) is 0 Å².